The summed E-state index contributed by atoms with van der Waals surface area (Å²) in [5, 5.41) is 26.5. The molecule has 5 rings (SSSR count). The van der Waals surface area contributed by atoms with E-state index >= 15 is 0 Å². The number of hydrogen-bond acceptors (Lipinski definition) is 6. The quantitative estimate of drug-likeness (QED) is 0.232. The normalized spacial score (nSPS) is 12.6. The number of pyridine rings is 1. The van der Waals surface area contributed by atoms with Crippen molar-refractivity contribution in [1.29, 1.82) is 5.26 Å². The van der Waals surface area contributed by atoms with Crippen LogP contribution in [0.3, 0.4) is 0 Å². The van der Waals surface area contributed by atoms with Gasteiger partial charge in [0.05, 0.1) is 40.1 Å². The van der Waals surface area contributed by atoms with Gasteiger partial charge in [0, 0.05) is 24.3 Å². The first-order valence-corrected chi connectivity index (χ1v) is 12.6. The van der Waals surface area contributed by atoms with Crippen molar-refractivity contribution in [3.63, 3.8) is 0 Å². The molecule has 0 spiro atoms. The zero-order chi connectivity index (χ0) is 26.6. The van der Waals surface area contributed by atoms with Crippen LogP contribution in [0.1, 0.15) is 47.8 Å². The molecule has 0 bridgehead atoms. The predicted molar refractivity (Wildman–Crippen MR) is 147 cm³/mol. The summed E-state index contributed by atoms with van der Waals surface area (Å²) in [6.07, 6.45) is 4.16. The lowest BCUT2D eigenvalue weighted by Gasteiger charge is -2.22. The molecule has 2 atom stereocenters. The van der Waals surface area contributed by atoms with Crippen LogP contribution in [0.15, 0.2) is 79.1 Å². The molecule has 0 saturated carbocycles. The van der Waals surface area contributed by atoms with Gasteiger partial charge in [-0.1, -0.05) is 66.2 Å². The molecular formula is C29H25ClFN7. The maximum Gasteiger partial charge on any atom is 0.123 e. The predicted octanol–water partition coefficient (Wildman–Crippen LogP) is 6.79. The van der Waals surface area contributed by atoms with Gasteiger partial charge in [-0.05, 0) is 41.8 Å². The van der Waals surface area contributed by atoms with Gasteiger partial charge in [0.2, 0.25) is 0 Å². The molecule has 0 aliphatic carbocycles. The highest BCUT2D eigenvalue weighted by Gasteiger charge is 2.21. The van der Waals surface area contributed by atoms with Gasteiger partial charge >= 0.3 is 0 Å². The van der Waals surface area contributed by atoms with Crippen LogP contribution in [0.4, 0.5) is 15.8 Å². The zero-order valence-corrected chi connectivity index (χ0v) is 21.6. The summed E-state index contributed by atoms with van der Waals surface area (Å²) >= 11 is 6.72. The van der Waals surface area contributed by atoms with E-state index in [0.29, 0.717) is 38.6 Å². The number of benzene rings is 3. The number of fused-ring (bicyclic) bond motifs is 1. The summed E-state index contributed by atoms with van der Waals surface area (Å²) in [6.45, 7) is 2.09. The molecule has 2 aromatic heterocycles. The standard InChI is InChI=1S/C29H25ClFN7/c1-3-25(18-7-5-4-6-8-18)35-27-20(15-32)16-33-29-23(27)13-22(14-24(29)30)34-28(26-17-38(2)37-36-26)19-9-11-21(31)12-10-19/h4-14,16-17,25,28,34H,3H2,1-2H3,(H,33,35). The second-order valence-electron chi connectivity index (χ2n) is 8.97. The van der Waals surface area contributed by atoms with Gasteiger partial charge in [-0.25, -0.2) is 4.39 Å². The molecule has 2 heterocycles. The minimum Gasteiger partial charge on any atom is -0.377 e. The van der Waals surface area contributed by atoms with E-state index in [1.165, 1.54) is 12.1 Å². The Bertz CT molecular complexity index is 1610. The summed E-state index contributed by atoms with van der Waals surface area (Å²) in [4.78, 5) is 4.48. The number of aromatic nitrogens is 4. The number of rotatable bonds is 8. The van der Waals surface area contributed by atoms with Crippen LogP contribution >= 0.6 is 11.6 Å². The molecular weight excluding hydrogens is 501 g/mol. The van der Waals surface area contributed by atoms with Gasteiger partial charge in [-0.3, -0.25) is 9.67 Å². The van der Waals surface area contributed by atoms with Gasteiger partial charge in [0.1, 0.15) is 17.6 Å². The second kappa shape index (κ2) is 10.9. The van der Waals surface area contributed by atoms with Crippen LogP contribution < -0.4 is 10.6 Å². The smallest absolute Gasteiger partial charge is 0.123 e. The summed E-state index contributed by atoms with van der Waals surface area (Å²) in [7, 11) is 1.79. The van der Waals surface area contributed by atoms with Crippen LogP contribution in [-0.2, 0) is 7.05 Å². The van der Waals surface area contributed by atoms with E-state index in [-0.39, 0.29) is 11.9 Å². The number of hydrogen-bond donors (Lipinski definition) is 2. The number of anilines is 2. The molecule has 2 N–H and O–H groups in total. The van der Waals surface area contributed by atoms with Gasteiger partial charge in [-0.2, -0.15) is 5.26 Å². The van der Waals surface area contributed by atoms with E-state index in [1.54, 1.807) is 42.3 Å². The van der Waals surface area contributed by atoms with Crippen LogP contribution in [0.2, 0.25) is 5.02 Å². The molecule has 190 valence electrons. The Kier molecular flexibility index (Phi) is 7.20. The zero-order valence-electron chi connectivity index (χ0n) is 20.9. The summed E-state index contributed by atoms with van der Waals surface area (Å²) < 4.78 is 15.3. The van der Waals surface area contributed by atoms with E-state index in [2.05, 4.69) is 51.1 Å². The number of nitriles is 1. The number of aryl methyl sites for hydroxylation is 1. The Labute approximate surface area is 224 Å². The molecule has 7 nitrogen and oxygen atoms in total. The van der Waals surface area contributed by atoms with E-state index in [0.717, 1.165) is 17.5 Å². The first kappa shape index (κ1) is 25.2. The second-order valence-corrected chi connectivity index (χ2v) is 9.38. The molecule has 2 unspecified atom stereocenters. The summed E-state index contributed by atoms with van der Waals surface area (Å²) in [5.41, 5.74) is 4.94. The lowest BCUT2D eigenvalue weighted by molar-refractivity contribution is 0.626. The molecule has 0 radical (unpaired) electrons. The fourth-order valence-electron chi connectivity index (χ4n) is 4.51. The summed E-state index contributed by atoms with van der Waals surface area (Å²) in [5.74, 6) is -0.324. The highest BCUT2D eigenvalue weighted by molar-refractivity contribution is 6.35. The monoisotopic (exact) mass is 525 g/mol. The van der Waals surface area contributed by atoms with E-state index in [4.69, 9.17) is 11.6 Å². The molecule has 9 heteroatoms. The van der Waals surface area contributed by atoms with E-state index in [1.807, 2.05) is 24.3 Å². The average molecular weight is 526 g/mol. The van der Waals surface area contributed by atoms with Gasteiger partial charge in [-0.15, -0.1) is 5.10 Å². The molecule has 0 aliphatic heterocycles. The van der Waals surface area contributed by atoms with Crippen LogP contribution in [-0.4, -0.2) is 20.0 Å². The van der Waals surface area contributed by atoms with Crippen molar-refractivity contribution < 1.29 is 4.39 Å². The molecule has 0 amide bonds. The highest BCUT2D eigenvalue weighted by Crippen LogP contribution is 2.37. The van der Waals surface area contributed by atoms with Gasteiger partial charge in [0.15, 0.2) is 0 Å². The molecule has 3 aromatic carbocycles. The SMILES string of the molecule is CCC(Nc1c(C#N)cnc2c(Cl)cc(NC(c3ccc(F)cc3)c3cn(C)nn3)cc12)c1ccccc1. The molecule has 0 aliphatic rings. The van der Waals surface area contributed by atoms with Crippen LogP contribution in [0, 0.1) is 17.1 Å². The average Bonchev–Trinajstić information content (AvgIpc) is 3.37. The van der Waals surface area contributed by atoms with Gasteiger partial charge < -0.3 is 10.6 Å². The molecule has 0 fully saturated rings. The van der Waals surface area contributed by atoms with Gasteiger partial charge in [0.25, 0.3) is 0 Å². The van der Waals surface area contributed by atoms with Crippen molar-refractivity contribution in [3.05, 3.63) is 112 Å². The van der Waals surface area contributed by atoms with E-state index < -0.39 is 6.04 Å². The Hall–Kier alpha value is -4.48. The molecule has 5 aromatic rings. The Morgan fingerprint density at radius 3 is 2.47 bits per heavy atom. The summed E-state index contributed by atoms with van der Waals surface area (Å²) in [6, 6.07) is 21.9. The fourth-order valence-corrected chi connectivity index (χ4v) is 4.78. The lowest BCUT2D eigenvalue weighted by atomic mass is 10.0. The third kappa shape index (κ3) is 5.15. The first-order chi connectivity index (χ1) is 18.5. The topological polar surface area (TPSA) is 91.5 Å². The third-order valence-electron chi connectivity index (χ3n) is 6.40. The minimum absolute atomic E-state index is 0.0177. The fraction of sp³-hybridized carbons (Fsp3) is 0.172. The highest BCUT2D eigenvalue weighted by atomic mass is 35.5. The molecule has 0 saturated heterocycles. The Balaban J connectivity index is 1.60. The van der Waals surface area contributed by atoms with Crippen molar-refractivity contribution >= 4 is 33.9 Å². The van der Waals surface area contributed by atoms with Crippen LogP contribution in [0.25, 0.3) is 10.9 Å². The third-order valence-corrected chi connectivity index (χ3v) is 6.69. The van der Waals surface area contributed by atoms with Crippen molar-refractivity contribution in [3.8, 4) is 6.07 Å². The number of nitrogens with zero attached hydrogens (tertiary/aromatic N) is 5. The van der Waals surface area contributed by atoms with Crippen molar-refractivity contribution in [2.45, 2.75) is 25.4 Å². The maximum atomic E-state index is 13.7. The number of halogens is 2. The largest absolute Gasteiger partial charge is 0.377 e. The Morgan fingerprint density at radius 2 is 1.82 bits per heavy atom. The Morgan fingerprint density at radius 1 is 1.05 bits per heavy atom. The maximum absolute atomic E-state index is 13.7. The molecule has 38 heavy (non-hydrogen) atoms. The van der Waals surface area contributed by atoms with Crippen molar-refractivity contribution in [2.24, 2.45) is 7.05 Å². The lowest BCUT2D eigenvalue weighted by Crippen LogP contribution is -2.14. The minimum atomic E-state index is -0.422. The van der Waals surface area contributed by atoms with Crippen molar-refractivity contribution in [1.82, 2.24) is 20.0 Å². The number of nitrogens with one attached hydrogen (secondary N) is 2. The first-order valence-electron chi connectivity index (χ1n) is 12.2. The van der Waals surface area contributed by atoms with Crippen LogP contribution in [0.5, 0.6) is 0 Å². The van der Waals surface area contributed by atoms with E-state index in [9.17, 15) is 9.65 Å². The van der Waals surface area contributed by atoms with Crippen molar-refractivity contribution in [2.75, 3.05) is 10.6 Å².